The Morgan fingerprint density at radius 2 is 1.84 bits per heavy atom. The minimum absolute atomic E-state index is 0.0311. The van der Waals surface area contributed by atoms with Crippen LogP contribution in [0, 0.1) is 0 Å². The van der Waals surface area contributed by atoms with Crippen molar-refractivity contribution in [3.05, 3.63) is 29.8 Å². The Morgan fingerprint density at radius 3 is 2.37 bits per heavy atom. The van der Waals surface area contributed by atoms with Crippen molar-refractivity contribution < 1.29 is 22.6 Å². The van der Waals surface area contributed by atoms with Crippen LogP contribution in [0.15, 0.2) is 24.3 Å². The van der Waals surface area contributed by atoms with Gasteiger partial charge in [-0.1, -0.05) is 28.1 Å². The molecule has 0 amide bonds. The lowest BCUT2D eigenvalue weighted by atomic mass is 10.1. The van der Waals surface area contributed by atoms with Crippen molar-refractivity contribution in [1.29, 1.82) is 0 Å². The predicted octanol–water partition coefficient (Wildman–Crippen LogP) is 4.49. The Balaban J connectivity index is 2.34. The summed E-state index contributed by atoms with van der Waals surface area (Å²) in [6, 6.07) is 7.44. The molecule has 0 heterocycles. The lowest BCUT2D eigenvalue weighted by molar-refractivity contribution is -0.174. The molecule has 108 valence electrons. The standard InChI is InChI=1S/C13H16BrF3O2/c1-2-19-11-5-3-10(4-6-11)12(14)7-8-18-9-13(15,16)17/h3-6,12H,2,7-9H2,1H3. The van der Waals surface area contributed by atoms with E-state index >= 15 is 0 Å². The summed E-state index contributed by atoms with van der Waals surface area (Å²) in [6.07, 6.45) is -3.79. The van der Waals surface area contributed by atoms with E-state index in [0.29, 0.717) is 13.0 Å². The van der Waals surface area contributed by atoms with Crippen LogP contribution in [0.5, 0.6) is 5.75 Å². The molecule has 0 bridgehead atoms. The molecule has 0 aliphatic carbocycles. The van der Waals surface area contributed by atoms with Crippen molar-refractivity contribution >= 4 is 15.9 Å². The topological polar surface area (TPSA) is 18.5 Å². The van der Waals surface area contributed by atoms with Gasteiger partial charge in [0.1, 0.15) is 12.4 Å². The lowest BCUT2D eigenvalue weighted by Crippen LogP contribution is -2.17. The summed E-state index contributed by atoms with van der Waals surface area (Å²) in [7, 11) is 0. The van der Waals surface area contributed by atoms with Gasteiger partial charge in [-0.2, -0.15) is 13.2 Å². The maximum Gasteiger partial charge on any atom is 0.411 e. The van der Waals surface area contributed by atoms with Crippen molar-refractivity contribution in [3.8, 4) is 5.75 Å². The van der Waals surface area contributed by atoms with E-state index in [1.807, 2.05) is 31.2 Å². The van der Waals surface area contributed by atoms with Crippen molar-refractivity contribution in [2.45, 2.75) is 24.3 Å². The van der Waals surface area contributed by atoms with Gasteiger partial charge in [-0.05, 0) is 31.0 Å². The first-order valence-corrected chi connectivity index (χ1v) is 6.85. The summed E-state index contributed by atoms with van der Waals surface area (Å²) in [4.78, 5) is -0.0311. The molecule has 0 radical (unpaired) electrons. The fourth-order valence-corrected chi connectivity index (χ4v) is 1.97. The highest BCUT2D eigenvalue weighted by atomic mass is 79.9. The van der Waals surface area contributed by atoms with Gasteiger partial charge in [0, 0.05) is 11.4 Å². The molecule has 0 aromatic heterocycles. The summed E-state index contributed by atoms with van der Waals surface area (Å²) >= 11 is 3.43. The molecule has 6 heteroatoms. The third kappa shape index (κ3) is 6.82. The van der Waals surface area contributed by atoms with E-state index in [-0.39, 0.29) is 11.4 Å². The number of halogens is 4. The van der Waals surface area contributed by atoms with Crippen LogP contribution in [0.25, 0.3) is 0 Å². The normalized spacial score (nSPS) is 13.3. The Labute approximate surface area is 119 Å². The van der Waals surface area contributed by atoms with Gasteiger partial charge in [-0.15, -0.1) is 0 Å². The maximum atomic E-state index is 11.9. The van der Waals surface area contributed by atoms with Crippen LogP contribution in [0.2, 0.25) is 0 Å². The first-order chi connectivity index (χ1) is 8.92. The second-order valence-corrected chi connectivity index (χ2v) is 5.03. The number of rotatable bonds is 7. The number of benzene rings is 1. The molecule has 1 aromatic rings. The molecular weight excluding hydrogens is 325 g/mol. The maximum absolute atomic E-state index is 11.9. The fourth-order valence-electron chi connectivity index (χ4n) is 1.48. The number of hydrogen-bond donors (Lipinski definition) is 0. The van der Waals surface area contributed by atoms with Gasteiger partial charge in [-0.3, -0.25) is 0 Å². The van der Waals surface area contributed by atoms with Gasteiger partial charge in [0.2, 0.25) is 0 Å². The zero-order chi connectivity index (χ0) is 14.3. The molecule has 0 saturated carbocycles. The van der Waals surface area contributed by atoms with Gasteiger partial charge in [0.05, 0.1) is 6.61 Å². The monoisotopic (exact) mass is 340 g/mol. The highest BCUT2D eigenvalue weighted by Gasteiger charge is 2.27. The summed E-state index contributed by atoms with van der Waals surface area (Å²) < 4.78 is 45.5. The zero-order valence-corrected chi connectivity index (χ0v) is 12.1. The van der Waals surface area contributed by atoms with Crippen LogP contribution in [0.4, 0.5) is 13.2 Å². The molecule has 2 nitrogen and oxygen atoms in total. The Hall–Kier alpha value is -0.750. The highest BCUT2D eigenvalue weighted by molar-refractivity contribution is 9.09. The van der Waals surface area contributed by atoms with Crippen molar-refractivity contribution in [2.24, 2.45) is 0 Å². The highest BCUT2D eigenvalue weighted by Crippen LogP contribution is 2.28. The van der Waals surface area contributed by atoms with E-state index in [0.717, 1.165) is 11.3 Å². The number of ether oxygens (including phenoxy) is 2. The van der Waals surface area contributed by atoms with E-state index in [4.69, 9.17) is 4.74 Å². The second-order valence-electron chi connectivity index (χ2n) is 3.93. The van der Waals surface area contributed by atoms with Gasteiger partial charge >= 0.3 is 6.18 Å². The SMILES string of the molecule is CCOc1ccc(C(Br)CCOCC(F)(F)F)cc1. The molecular formula is C13H16BrF3O2. The molecule has 0 spiro atoms. The quantitative estimate of drug-likeness (QED) is 0.537. The fraction of sp³-hybridized carbons (Fsp3) is 0.538. The Bertz CT molecular complexity index is 365. The smallest absolute Gasteiger partial charge is 0.411 e. The molecule has 0 aliphatic heterocycles. The molecule has 1 unspecified atom stereocenters. The molecule has 0 aliphatic rings. The molecule has 19 heavy (non-hydrogen) atoms. The van der Waals surface area contributed by atoms with E-state index in [1.165, 1.54) is 0 Å². The van der Waals surface area contributed by atoms with Gasteiger partial charge in [0.25, 0.3) is 0 Å². The Morgan fingerprint density at radius 1 is 1.21 bits per heavy atom. The molecule has 0 fully saturated rings. The van der Waals surface area contributed by atoms with Crippen molar-refractivity contribution in [2.75, 3.05) is 19.8 Å². The van der Waals surface area contributed by atoms with E-state index in [1.54, 1.807) is 0 Å². The first-order valence-electron chi connectivity index (χ1n) is 5.93. The molecule has 0 N–H and O–H groups in total. The minimum Gasteiger partial charge on any atom is -0.494 e. The average molecular weight is 341 g/mol. The van der Waals surface area contributed by atoms with E-state index in [9.17, 15) is 13.2 Å². The second kappa shape index (κ2) is 7.75. The summed E-state index contributed by atoms with van der Waals surface area (Å²) in [5.41, 5.74) is 0.985. The minimum atomic E-state index is -4.26. The molecule has 1 aromatic carbocycles. The lowest BCUT2D eigenvalue weighted by Gasteiger charge is -2.12. The summed E-state index contributed by atoms with van der Waals surface area (Å²) in [5.74, 6) is 0.777. The third-order valence-electron chi connectivity index (χ3n) is 2.33. The van der Waals surface area contributed by atoms with Gasteiger partial charge in [-0.25, -0.2) is 0 Å². The van der Waals surface area contributed by atoms with Crippen LogP contribution < -0.4 is 4.74 Å². The van der Waals surface area contributed by atoms with E-state index in [2.05, 4.69) is 20.7 Å². The third-order valence-corrected chi connectivity index (χ3v) is 3.32. The first kappa shape index (κ1) is 16.3. The van der Waals surface area contributed by atoms with Crippen LogP contribution >= 0.6 is 15.9 Å². The van der Waals surface area contributed by atoms with Crippen molar-refractivity contribution in [3.63, 3.8) is 0 Å². The zero-order valence-electron chi connectivity index (χ0n) is 10.5. The van der Waals surface area contributed by atoms with E-state index < -0.39 is 12.8 Å². The largest absolute Gasteiger partial charge is 0.494 e. The van der Waals surface area contributed by atoms with Gasteiger partial charge < -0.3 is 9.47 Å². The average Bonchev–Trinajstić information content (AvgIpc) is 2.34. The molecule has 1 rings (SSSR count). The summed E-state index contributed by atoms with van der Waals surface area (Å²) in [6.45, 7) is 1.36. The van der Waals surface area contributed by atoms with Crippen LogP contribution in [0.1, 0.15) is 23.7 Å². The van der Waals surface area contributed by atoms with Gasteiger partial charge in [0.15, 0.2) is 0 Å². The van der Waals surface area contributed by atoms with Crippen LogP contribution in [0.3, 0.4) is 0 Å². The summed E-state index contributed by atoms with van der Waals surface area (Å²) in [5, 5.41) is 0. The van der Waals surface area contributed by atoms with Crippen LogP contribution in [-0.4, -0.2) is 26.0 Å². The van der Waals surface area contributed by atoms with Crippen LogP contribution in [-0.2, 0) is 4.74 Å². The Kier molecular flexibility index (Phi) is 6.65. The number of alkyl halides is 4. The molecule has 1 atom stereocenters. The molecule has 0 saturated heterocycles. The number of hydrogen-bond acceptors (Lipinski definition) is 2. The predicted molar refractivity (Wildman–Crippen MR) is 70.8 cm³/mol. The van der Waals surface area contributed by atoms with Crippen molar-refractivity contribution in [1.82, 2.24) is 0 Å².